The summed E-state index contributed by atoms with van der Waals surface area (Å²) in [5, 5.41) is 7.37. The lowest BCUT2D eigenvalue weighted by Gasteiger charge is -2.32. The number of nitrogens with zero attached hydrogens (tertiary/aromatic N) is 3. The van der Waals surface area contributed by atoms with Crippen molar-refractivity contribution in [1.82, 2.24) is 9.97 Å². The van der Waals surface area contributed by atoms with E-state index in [9.17, 15) is 0 Å². The van der Waals surface area contributed by atoms with Crippen molar-refractivity contribution >= 4 is 70.5 Å². The van der Waals surface area contributed by atoms with E-state index in [1.807, 2.05) is 11.3 Å². The van der Waals surface area contributed by atoms with Gasteiger partial charge in [0.15, 0.2) is 5.82 Å². The van der Waals surface area contributed by atoms with Crippen LogP contribution in [-0.2, 0) is 0 Å². The summed E-state index contributed by atoms with van der Waals surface area (Å²) >= 11 is 1.84. The molecule has 0 spiro atoms. The summed E-state index contributed by atoms with van der Waals surface area (Å²) in [5.41, 5.74) is 13.3. The fourth-order valence-corrected chi connectivity index (χ4v) is 12.1. The minimum atomic E-state index is -0.178. The van der Waals surface area contributed by atoms with Crippen LogP contribution in [0, 0.1) is 6.92 Å². The van der Waals surface area contributed by atoms with Crippen LogP contribution in [0.5, 0.6) is 5.75 Å². The number of fused-ring (bicyclic) bond motifs is 13. The van der Waals surface area contributed by atoms with Crippen molar-refractivity contribution in [3.05, 3.63) is 216 Å². The summed E-state index contributed by atoms with van der Waals surface area (Å²) < 4.78 is 10.0. The molecule has 5 heteroatoms. The predicted octanol–water partition coefficient (Wildman–Crippen LogP) is 15.4. The molecule has 0 amide bonds. The highest BCUT2D eigenvalue weighted by Gasteiger charge is 2.45. The predicted molar refractivity (Wildman–Crippen MR) is 266 cm³/mol. The SMILES string of the molecule is Cc1c(-c2ccc3sc4ccccc4c3c2)nc(-c2ccc3ccccc3c2)nc1-c1ccc(N2c3cc4ccccc4cc3C3C=CC=CC32)c2c1OC1c3ccccc3C=CC21. The zero-order valence-electron chi connectivity index (χ0n) is 34.9. The summed E-state index contributed by atoms with van der Waals surface area (Å²) in [6.07, 6.45) is 13.6. The van der Waals surface area contributed by atoms with Gasteiger partial charge in [-0.2, -0.15) is 0 Å². The normalized spacial score (nSPS) is 18.9. The van der Waals surface area contributed by atoms with Crippen LogP contribution in [0.4, 0.5) is 11.4 Å². The lowest BCUT2D eigenvalue weighted by molar-refractivity contribution is 0.224. The molecule has 4 heterocycles. The monoisotopic (exact) mass is 837 g/mol. The molecule has 2 aliphatic carbocycles. The second kappa shape index (κ2) is 13.7. The molecular weight excluding hydrogens is 799 g/mol. The van der Waals surface area contributed by atoms with Gasteiger partial charge in [0, 0.05) is 76.8 Å². The molecule has 64 heavy (non-hydrogen) atoms. The van der Waals surface area contributed by atoms with Crippen LogP contribution in [-0.4, -0.2) is 16.0 Å². The number of anilines is 2. The average molecular weight is 838 g/mol. The number of hydrogen-bond acceptors (Lipinski definition) is 5. The highest BCUT2D eigenvalue weighted by atomic mass is 32.1. The maximum Gasteiger partial charge on any atom is 0.160 e. The van der Waals surface area contributed by atoms with Gasteiger partial charge in [-0.3, -0.25) is 0 Å². The Hall–Kier alpha value is -7.60. The summed E-state index contributed by atoms with van der Waals surface area (Å²) in [5.74, 6) is 1.82. The summed E-state index contributed by atoms with van der Waals surface area (Å²) in [4.78, 5) is 13.6. The number of aromatic nitrogens is 2. The Kier molecular flexibility index (Phi) is 7.69. The molecular formula is C59H39N3OS. The van der Waals surface area contributed by atoms with Gasteiger partial charge < -0.3 is 9.64 Å². The molecule has 0 N–H and O–H groups in total. The van der Waals surface area contributed by atoms with E-state index in [1.54, 1.807) is 0 Å². The Balaban J connectivity index is 1.02. The molecule has 2 aromatic heterocycles. The van der Waals surface area contributed by atoms with Gasteiger partial charge in [-0.25, -0.2) is 9.97 Å². The lowest BCUT2D eigenvalue weighted by atomic mass is 9.82. The van der Waals surface area contributed by atoms with Gasteiger partial charge in [-0.1, -0.05) is 146 Å². The van der Waals surface area contributed by atoms with Crippen molar-refractivity contribution in [2.75, 3.05) is 4.90 Å². The third-order valence-electron chi connectivity index (χ3n) is 14.1. The zero-order valence-corrected chi connectivity index (χ0v) is 35.8. The Morgan fingerprint density at radius 2 is 1.28 bits per heavy atom. The van der Waals surface area contributed by atoms with E-state index >= 15 is 0 Å². The first kappa shape index (κ1) is 35.9. The van der Waals surface area contributed by atoms with Crippen LogP contribution in [0.25, 0.3) is 81.7 Å². The number of allylic oxidation sites excluding steroid dienone is 2. The number of rotatable bonds is 4. The van der Waals surface area contributed by atoms with Crippen molar-refractivity contribution in [2.24, 2.45) is 0 Å². The van der Waals surface area contributed by atoms with Crippen LogP contribution >= 0.6 is 11.3 Å². The maximum atomic E-state index is 7.45. The highest BCUT2D eigenvalue weighted by Crippen LogP contribution is 2.60. The Morgan fingerprint density at radius 1 is 0.547 bits per heavy atom. The Morgan fingerprint density at radius 3 is 2.19 bits per heavy atom. The van der Waals surface area contributed by atoms with Gasteiger partial charge in [0.25, 0.3) is 0 Å². The molecule has 4 nitrogen and oxygen atoms in total. The molecule has 0 saturated heterocycles. The topological polar surface area (TPSA) is 38.2 Å². The fraction of sp³-hybridized carbons (Fsp3) is 0.0847. The second-order valence-electron chi connectivity index (χ2n) is 17.6. The van der Waals surface area contributed by atoms with Crippen LogP contribution in [0.2, 0.25) is 0 Å². The van der Waals surface area contributed by atoms with Crippen molar-refractivity contribution in [3.63, 3.8) is 0 Å². The van der Waals surface area contributed by atoms with E-state index in [-0.39, 0.29) is 24.0 Å². The molecule has 2 aliphatic heterocycles. The first-order valence-electron chi connectivity index (χ1n) is 22.2. The van der Waals surface area contributed by atoms with Crippen molar-refractivity contribution in [2.45, 2.75) is 30.9 Å². The number of ether oxygens (including phenoxy) is 1. The molecule has 10 aromatic rings. The molecule has 4 atom stereocenters. The van der Waals surface area contributed by atoms with Gasteiger partial charge in [0.05, 0.1) is 17.4 Å². The van der Waals surface area contributed by atoms with E-state index in [2.05, 4.69) is 206 Å². The van der Waals surface area contributed by atoms with E-state index in [0.29, 0.717) is 5.82 Å². The number of thiophene rings is 1. The second-order valence-corrected chi connectivity index (χ2v) is 18.7. The summed E-state index contributed by atoms with van der Waals surface area (Å²) in [6.45, 7) is 2.19. The molecule has 0 bridgehead atoms. The molecule has 302 valence electrons. The minimum Gasteiger partial charge on any atom is -0.484 e. The molecule has 0 radical (unpaired) electrons. The largest absolute Gasteiger partial charge is 0.484 e. The van der Waals surface area contributed by atoms with Crippen molar-refractivity contribution in [1.29, 1.82) is 0 Å². The maximum absolute atomic E-state index is 7.45. The average Bonchev–Trinajstić information content (AvgIpc) is 4.03. The van der Waals surface area contributed by atoms with E-state index in [4.69, 9.17) is 14.7 Å². The summed E-state index contributed by atoms with van der Waals surface area (Å²) in [7, 11) is 0. The van der Waals surface area contributed by atoms with Crippen LogP contribution in [0.1, 0.15) is 45.8 Å². The Labute approximate surface area is 374 Å². The molecule has 8 aromatic carbocycles. The molecule has 0 fully saturated rings. The van der Waals surface area contributed by atoms with E-state index in [1.165, 1.54) is 70.0 Å². The van der Waals surface area contributed by atoms with Gasteiger partial charge in [-0.05, 0) is 88.1 Å². The Bertz CT molecular complexity index is 3730. The van der Waals surface area contributed by atoms with Crippen LogP contribution < -0.4 is 9.64 Å². The van der Waals surface area contributed by atoms with Crippen molar-refractivity contribution < 1.29 is 4.74 Å². The molecule has 4 unspecified atom stereocenters. The first-order chi connectivity index (χ1) is 31.6. The third-order valence-corrected chi connectivity index (χ3v) is 15.3. The van der Waals surface area contributed by atoms with E-state index < -0.39 is 0 Å². The van der Waals surface area contributed by atoms with Gasteiger partial charge in [0.2, 0.25) is 0 Å². The smallest absolute Gasteiger partial charge is 0.160 e. The fourth-order valence-electron chi connectivity index (χ4n) is 11.1. The van der Waals surface area contributed by atoms with Crippen LogP contribution in [0.3, 0.4) is 0 Å². The lowest BCUT2D eigenvalue weighted by Crippen LogP contribution is -2.29. The quantitative estimate of drug-likeness (QED) is 0.177. The van der Waals surface area contributed by atoms with Gasteiger partial charge in [0.1, 0.15) is 11.9 Å². The van der Waals surface area contributed by atoms with Gasteiger partial charge in [-0.15, -0.1) is 11.3 Å². The van der Waals surface area contributed by atoms with Gasteiger partial charge >= 0.3 is 0 Å². The summed E-state index contributed by atoms with van der Waals surface area (Å²) in [6, 6.07) is 57.6. The molecule has 0 saturated carbocycles. The number of hydrogen-bond donors (Lipinski definition) is 0. The molecule has 4 aliphatic rings. The standard InChI is InChI=1S/C59H39N3OS/c1-34-55(40-25-29-53-48(32-40)44-19-9-11-21-52(44)64-53)60-59(41-23-22-35-12-2-3-14-37(35)30-41)61-56(34)46-27-28-50(54-45-26-24-36-13-6-7-17-42(36)57(45)63-58(46)54)62-49-20-10-8-18-43(49)47-31-38-15-4-5-16-39(38)33-51(47)62/h2-33,43,45,49,57H,1H3. The molecule has 14 rings (SSSR count). The highest BCUT2D eigenvalue weighted by molar-refractivity contribution is 7.25. The minimum absolute atomic E-state index is 0.00164. The van der Waals surface area contributed by atoms with Crippen LogP contribution in [0.15, 0.2) is 188 Å². The zero-order chi connectivity index (χ0) is 42.0. The first-order valence-corrected chi connectivity index (χ1v) is 23.0. The number of benzene rings is 8. The van der Waals surface area contributed by atoms with Crippen molar-refractivity contribution in [3.8, 4) is 39.7 Å². The van der Waals surface area contributed by atoms with E-state index in [0.717, 1.165) is 44.8 Å². The third kappa shape index (κ3) is 5.28.